The summed E-state index contributed by atoms with van der Waals surface area (Å²) in [6.07, 6.45) is 0.648. The lowest BCUT2D eigenvalue weighted by Crippen LogP contribution is -2.60. The quantitative estimate of drug-likeness (QED) is 0.729. The second-order valence-corrected chi connectivity index (χ2v) is 6.31. The summed E-state index contributed by atoms with van der Waals surface area (Å²) in [6, 6.07) is 3.16. The average molecular weight is 303 g/mol. The van der Waals surface area contributed by atoms with Gasteiger partial charge < -0.3 is 15.8 Å². The van der Waals surface area contributed by atoms with Gasteiger partial charge in [0.2, 0.25) is 10.0 Å². The Morgan fingerprint density at radius 2 is 2.20 bits per heavy atom. The molecule has 0 aromatic heterocycles. The smallest absolute Gasteiger partial charge is 0.238 e. The van der Waals surface area contributed by atoms with Crippen LogP contribution in [-0.2, 0) is 14.8 Å². The molecule has 1 aliphatic carbocycles. The maximum Gasteiger partial charge on any atom is 0.238 e. The predicted octanol–water partition coefficient (Wildman–Crippen LogP) is 0.390. The molecule has 5 N–H and O–H groups in total. The highest BCUT2D eigenvalue weighted by Gasteiger charge is 2.39. The Kier molecular flexibility index (Phi) is 4.28. The number of ether oxygens (including phenoxy) is 1. The van der Waals surface area contributed by atoms with Gasteiger partial charge in [-0.15, -0.1) is 0 Å². The third-order valence-corrected chi connectivity index (χ3v) is 4.25. The van der Waals surface area contributed by atoms with Crippen molar-refractivity contribution < 1.29 is 17.5 Å². The van der Waals surface area contributed by atoms with E-state index in [0.717, 1.165) is 6.07 Å². The van der Waals surface area contributed by atoms with Gasteiger partial charge in [0.15, 0.2) is 0 Å². The molecule has 8 heteroatoms. The fourth-order valence-corrected chi connectivity index (χ4v) is 2.72. The van der Waals surface area contributed by atoms with Gasteiger partial charge in [-0.25, -0.2) is 17.9 Å². The molecule has 1 aliphatic rings. The first-order valence-corrected chi connectivity index (χ1v) is 7.83. The number of halogens is 1. The molecule has 0 amide bonds. The molecule has 0 aliphatic heterocycles. The van der Waals surface area contributed by atoms with Crippen molar-refractivity contribution in [2.24, 2.45) is 10.9 Å². The maximum absolute atomic E-state index is 13.9. The zero-order valence-electron chi connectivity index (χ0n) is 11.0. The van der Waals surface area contributed by atoms with E-state index < -0.39 is 15.8 Å². The highest BCUT2D eigenvalue weighted by Crippen LogP contribution is 2.28. The van der Waals surface area contributed by atoms with E-state index in [9.17, 15) is 12.8 Å². The third kappa shape index (κ3) is 3.09. The lowest BCUT2D eigenvalue weighted by Gasteiger charge is -2.43. The van der Waals surface area contributed by atoms with Crippen LogP contribution in [0.15, 0.2) is 23.1 Å². The molecule has 0 saturated heterocycles. The Morgan fingerprint density at radius 1 is 1.50 bits per heavy atom. The summed E-state index contributed by atoms with van der Waals surface area (Å²) in [5.74, 6) is -0.689. The largest absolute Gasteiger partial charge is 0.376 e. The molecule has 3 atom stereocenters. The van der Waals surface area contributed by atoms with Crippen molar-refractivity contribution in [1.82, 2.24) is 0 Å². The Balaban J connectivity index is 2.14. The van der Waals surface area contributed by atoms with Crippen molar-refractivity contribution in [2.45, 2.75) is 36.4 Å². The van der Waals surface area contributed by atoms with Crippen molar-refractivity contribution in [3.63, 3.8) is 0 Å². The van der Waals surface area contributed by atoms with Crippen LogP contribution in [0.4, 0.5) is 10.1 Å². The molecule has 2 rings (SSSR count). The molecular formula is C12H18FN3O3S. The summed E-state index contributed by atoms with van der Waals surface area (Å²) in [4.78, 5) is -0.264. The molecule has 0 spiro atoms. The van der Waals surface area contributed by atoms with Crippen molar-refractivity contribution in [2.75, 3.05) is 11.9 Å². The fourth-order valence-electron chi connectivity index (χ4n) is 2.20. The normalized spacial score (nSPS) is 26.1. The predicted molar refractivity (Wildman–Crippen MR) is 73.2 cm³/mol. The van der Waals surface area contributed by atoms with Gasteiger partial charge in [-0.1, -0.05) is 0 Å². The van der Waals surface area contributed by atoms with Gasteiger partial charge in [0.25, 0.3) is 0 Å². The standard InChI is InChI=1S/C12H18FN3O3S/c1-2-19-11-6-9(14)12(11)16-10-4-3-7(5-8(10)13)20(15,17)18/h3-5,9,11-12,16H,2,6,14H2,1H3,(H2,15,17,18). The SMILES string of the molecule is CCOC1CC(N)C1Nc1ccc(S(N)(=O)=O)cc1F. The molecule has 0 heterocycles. The van der Waals surface area contributed by atoms with Crippen molar-refractivity contribution in [1.29, 1.82) is 0 Å². The zero-order chi connectivity index (χ0) is 14.9. The first-order valence-electron chi connectivity index (χ1n) is 6.29. The molecule has 1 saturated carbocycles. The second-order valence-electron chi connectivity index (χ2n) is 4.75. The summed E-state index contributed by atoms with van der Waals surface area (Å²) in [7, 11) is -3.91. The Hall–Kier alpha value is -1.22. The van der Waals surface area contributed by atoms with Crippen LogP contribution >= 0.6 is 0 Å². The van der Waals surface area contributed by atoms with Crippen LogP contribution in [-0.4, -0.2) is 33.2 Å². The van der Waals surface area contributed by atoms with Crippen LogP contribution in [0.2, 0.25) is 0 Å². The van der Waals surface area contributed by atoms with Gasteiger partial charge in [0.1, 0.15) is 5.82 Å². The number of nitrogens with one attached hydrogen (secondary N) is 1. The minimum Gasteiger partial charge on any atom is -0.376 e. The summed E-state index contributed by atoms with van der Waals surface area (Å²) < 4.78 is 41.6. The topological polar surface area (TPSA) is 107 Å². The summed E-state index contributed by atoms with van der Waals surface area (Å²) in [5, 5.41) is 7.89. The molecule has 3 unspecified atom stereocenters. The zero-order valence-corrected chi connectivity index (χ0v) is 11.9. The van der Waals surface area contributed by atoms with Crippen LogP contribution < -0.4 is 16.2 Å². The van der Waals surface area contributed by atoms with Gasteiger partial charge in [-0.05, 0) is 31.5 Å². The maximum atomic E-state index is 13.9. The molecule has 0 radical (unpaired) electrons. The van der Waals surface area contributed by atoms with Crippen molar-refractivity contribution >= 4 is 15.7 Å². The Labute approximate surface area is 117 Å². The average Bonchev–Trinajstić information content (AvgIpc) is 2.35. The Morgan fingerprint density at radius 3 is 2.70 bits per heavy atom. The first-order chi connectivity index (χ1) is 9.32. The van der Waals surface area contributed by atoms with E-state index in [0.29, 0.717) is 13.0 Å². The molecule has 112 valence electrons. The monoisotopic (exact) mass is 303 g/mol. The van der Waals surface area contributed by atoms with E-state index in [2.05, 4.69) is 5.32 Å². The van der Waals surface area contributed by atoms with Crippen LogP contribution in [0.25, 0.3) is 0 Å². The lowest BCUT2D eigenvalue weighted by atomic mass is 9.83. The molecular weight excluding hydrogens is 285 g/mol. The lowest BCUT2D eigenvalue weighted by molar-refractivity contribution is -0.0126. The number of hydrogen-bond acceptors (Lipinski definition) is 5. The highest BCUT2D eigenvalue weighted by molar-refractivity contribution is 7.89. The molecule has 1 aromatic rings. The van der Waals surface area contributed by atoms with E-state index >= 15 is 0 Å². The third-order valence-electron chi connectivity index (χ3n) is 3.34. The number of hydrogen-bond donors (Lipinski definition) is 3. The van der Waals surface area contributed by atoms with Crippen LogP contribution in [0.5, 0.6) is 0 Å². The fraction of sp³-hybridized carbons (Fsp3) is 0.500. The summed E-state index contributed by atoms with van der Waals surface area (Å²) in [6.45, 7) is 2.44. The number of primary sulfonamides is 1. The van der Waals surface area contributed by atoms with Gasteiger partial charge in [0.05, 0.1) is 22.7 Å². The number of rotatable bonds is 5. The first kappa shape index (κ1) is 15.2. The van der Waals surface area contributed by atoms with E-state index in [1.807, 2.05) is 6.92 Å². The molecule has 6 nitrogen and oxygen atoms in total. The van der Waals surface area contributed by atoms with Gasteiger partial charge >= 0.3 is 0 Å². The van der Waals surface area contributed by atoms with E-state index in [4.69, 9.17) is 15.6 Å². The number of anilines is 1. The number of nitrogens with two attached hydrogens (primary N) is 2. The highest BCUT2D eigenvalue weighted by atomic mass is 32.2. The summed E-state index contributed by atoms with van der Waals surface area (Å²) >= 11 is 0. The van der Waals surface area contributed by atoms with E-state index in [-0.39, 0.29) is 28.8 Å². The van der Waals surface area contributed by atoms with E-state index in [1.54, 1.807) is 0 Å². The summed E-state index contributed by atoms with van der Waals surface area (Å²) in [5.41, 5.74) is 6.04. The molecule has 1 fully saturated rings. The minimum absolute atomic E-state index is 0.0627. The van der Waals surface area contributed by atoms with Gasteiger partial charge in [0, 0.05) is 12.6 Å². The molecule has 1 aromatic carbocycles. The van der Waals surface area contributed by atoms with E-state index in [1.165, 1.54) is 12.1 Å². The van der Waals surface area contributed by atoms with Crippen molar-refractivity contribution in [3.8, 4) is 0 Å². The van der Waals surface area contributed by atoms with Crippen molar-refractivity contribution in [3.05, 3.63) is 24.0 Å². The minimum atomic E-state index is -3.91. The molecule has 20 heavy (non-hydrogen) atoms. The van der Waals surface area contributed by atoms with Gasteiger partial charge in [-0.3, -0.25) is 0 Å². The second kappa shape index (κ2) is 5.65. The molecule has 0 bridgehead atoms. The van der Waals surface area contributed by atoms with Crippen LogP contribution in [0.3, 0.4) is 0 Å². The Bertz CT molecular complexity index is 592. The van der Waals surface area contributed by atoms with Gasteiger partial charge in [-0.2, -0.15) is 0 Å². The van der Waals surface area contributed by atoms with Crippen LogP contribution in [0.1, 0.15) is 13.3 Å². The number of sulfonamides is 1. The van der Waals surface area contributed by atoms with Crippen LogP contribution in [0, 0.1) is 5.82 Å². The number of benzene rings is 1.